The Morgan fingerprint density at radius 1 is 1.12 bits per heavy atom. The van der Waals surface area contributed by atoms with Crippen molar-refractivity contribution < 1.29 is 23.2 Å². The number of anilines is 1. The van der Waals surface area contributed by atoms with Crippen LogP contribution in [-0.2, 0) is 21.4 Å². The molecule has 2 heterocycles. The third-order valence-corrected chi connectivity index (χ3v) is 8.36. The molecule has 0 bridgehead atoms. The first-order chi connectivity index (χ1) is 15.9. The Bertz CT molecular complexity index is 1220. The lowest BCUT2D eigenvalue weighted by Gasteiger charge is -2.33. The summed E-state index contributed by atoms with van der Waals surface area (Å²) in [5.41, 5.74) is 4.57. The lowest BCUT2D eigenvalue weighted by Crippen LogP contribution is -2.48. The minimum Gasteiger partial charge on any atom is -0.380 e. The molecule has 174 valence electrons. The average Bonchev–Trinajstić information content (AvgIpc) is 3.34. The third-order valence-electron chi connectivity index (χ3n) is 5.39. The Morgan fingerprint density at radius 3 is 2.52 bits per heavy atom. The van der Waals surface area contributed by atoms with Crippen LogP contribution in [0.4, 0.5) is 5.13 Å². The SMILES string of the molecule is COCc1cccc(-c2ccc(S(=O)(=O)N3CCN(c4ncc(C(=O)NO)s4)CC3)cc2)c1. The van der Waals surface area contributed by atoms with Crippen molar-refractivity contribution in [3.8, 4) is 11.1 Å². The van der Waals surface area contributed by atoms with Crippen LogP contribution in [0.2, 0.25) is 0 Å². The van der Waals surface area contributed by atoms with Crippen molar-refractivity contribution in [2.75, 3.05) is 38.2 Å². The maximum absolute atomic E-state index is 13.1. The number of methoxy groups -OCH3 is 1. The standard InChI is InChI=1S/C22H24N4O5S2/c1-31-15-16-3-2-4-18(13-16)17-5-7-19(8-6-17)33(29,30)26-11-9-25(10-12-26)22-23-14-20(32-22)21(27)24-28/h2-8,13-14,28H,9-12,15H2,1H3,(H,24,27). The summed E-state index contributed by atoms with van der Waals surface area (Å²) in [5.74, 6) is -0.617. The number of hydrogen-bond donors (Lipinski definition) is 2. The van der Waals surface area contributed by atoms with E-state index in [1.807, 2.05) is 41.3 Å². The molecule has 2 N–H and O–H groups in total. The van der Waals surface area contributed by atoms with Gasteiger partial charge in [0.15, 0.2) is 5.13 Å². The van der Waals surface area contributed by atoms with Crippen molar-refractivity contribution >= 4 is 32.4 Å². The van der Waals surface area contributed by atoms with Crippen molar-refractivity contribution in [1.29, 1.82) is 0 Å². The van der Waals surface area contributed by atoms with Crippen LogP contribution < -0.4 is 10.4 Å². The Kier molecular flexibility index (Phi) is 7.05. The second-order valence-electron chi connectivity index (χ2n) is 7.50. The highest BCUT2D eigenvalue weighted by Crippen LogP contribution is 2.27. The molecule has 1 aliphatic rings. The van der Waals surface area contributed by atoms with Gasteiger partial charge in [-0.1, -0.05) is 41.7 Å². The Labute approximate surface area is 196 Å². The van der Waals surface area contributed by atoms with Crippen LogP contribution >= 0.6 is 11.3 Å². The van der Waals surface area contributed by atoms with Gasteiger partial charge in [-0.2, -0.15) is 4.31 Å². The van der Waals surface area contributed by atoms with Gasteiger partial charge in [-0.15, -0.1) is 0 Å². The lowest BCUT2D eigenvalue weighted by molar-refractivity contribution is 0.0710. The summed E-state index contributed by atoms with van der Waals surface area (Å²) < 4.78 is 32.9. The van der Waals surface area contributed by atoms with Gasteiger partial charge in [0, 0.05) is 33.3 Å². The number of amides is 1. The summed E-state index contributed by atoms with van der Waals surface area (Å²) in [7, 11) is -1.97. The largest absolute Gasteiger partial charge is 0.380 e. The molecule has 0 radical (unpaired) electrons. The summed E-state index contributed by atoms with van der Waals surface area (Å²) in [4.78, 5) is 18.2. The minimum absolute atomic E-state index is 0.254. The van der Waals surface area contributed by atoms with Gasteiger partial charge < -0.3 is 9.64 Å². The lowest BCUT2D eigenvalue weighted by atomic mass is 10.0. The highest BCUT2D eigenvalue weighted by Gasteiger charge is 2.29. The number of nitrogens with zero attached hydrogens (tertiary/aromatic N) is 3. The zero-order valence-corrected chi connectivity index (χ0v) is 19.6. The second kappa shape index (κ2) is 9.98. The number of sulfonamides is 1. The summed E-state index contributed by atoms with van der Waals surface area (Å²) in [6.07, 6.45) is 1.39. The van der Waals surface area contributed by atoms with E-state index in [9.17, 15) is 13.2 Å². The predicted molar refractivity (Wildman–Crippen MR) is 125 cm³/mol. The summed E-state index contributed by atoms with van der Waals surface area (Å²) in [6.45, 7) is 2.05. The molecule has 3 aromatic rings. The molecule has 0 saturated carbocycles. The van der Waals surface area contributed by atoms with Crippen molar-refractivity contribution in [3.05, 3.63) is 65.2 Å². The normalized spacial score (nSPS) is 14.9. The van der Waals surface area contributed by atoms with Crippen LogP contribution in [0.25, 0.3) is 11.1 Å². The molecular formula is C22H24N4O5S2. The number of carbonyl (C=O) groups is 1. The maximum Gasteiger partial charge on any atom is 0.286 e. The summed E-state index contributed by atoms with van der Waals surface area (Å²) >= 11 is 1.15. The number of aromatic nitrogens is 1. The number of piperazine rings is 1. The zero-order chi connectivity index (χ0) is 23.4. The molecule has 0 atom stereocenters. The molecule has 1 aromatic heterocycles. The molecular weight excluding hydrogens is 464 g/mol. The van der Waals surface area contributed by atoms with E-state index in [1.165, 1.54) is 10.5 Å². The molecule has 33 heavy (non-hydrogen) atoms. The van der Waals surface area contributed by atoms with Gasteiger partial charge in [0.05, 0.1) is 17.7 Å². The minimum atomic E-state index is -3.62. The first-order valence-electron chi connectivity index (χ1n) is 10.3. The molecule has 0 aliphatic carbocycles. The van der Waals surface area contributed by atoms with Gasteiger partial charge in [0.25, 0.3) is 5.91 Å². The monoisotopic (exact) mass is 488 g/mol. The molecule has 0 spiro atoms. The smallest absolute Gasteiger partial charge is 0.286 e. The van der Waals surface area contributed by atoms with Gasteiger partial charge in [0.2, 0.25) is 10.0 Å². The van der Waals surface area contributed by atoms with Gasteiger partial charge in [-0.25, -0.2) is 18.9 Å². The van der Waals surface area contributed by atoms with E-state index in [2.05, 4.69) is 4.98 Å². The Hall–Kier alpha value is -2.83. The van der Waals surface area contributed by atoms with Gasteiger partial charge in [-0.3, -0.25) is 10.0 Å². The van der Waals surface area contributed by atoms with Crippen molar-refractivity contribution in [1.82, 2.24) is 14.8 Å². The third kappa shape index (κ3) is 5.07. The predicted octanol–water partition coefficient (Wildman–Crippen LogP) is 2.59. The highest BCUT2D eigenvalue weighted by atomic mass is 32.2. The van der Waals surface area contributed by atoms with Gasteiger partial charge >= 0.3 is 0 Å². The number of ether oxygens (including phenoxy) is 1. The number of thiazole rings is 1. The first kappa shape index (κ1) is 23.3. The van der Waals surface area contributed by atoms with Crippen molar-refractivity contribution in [3.63, 3.8) is 0 Å². The zero-order valence-electron chi connectivity index (χ0n) is 18.0. The molecule has 11 heteroatoms. The number of carbonyl (C=O) groups excluding carboxylic acids is 1. The summed E-state index contributed by atoms with van der Waals surface area (Å²) in [6, 6.07) is 14.9. The van der Waals surface area contributed by atoms with Crippen molar-refractivity contribution in [2.45, 2.75) is 11.5 Å². The molecule has 1 amide bonds. The van der Waals surface area contributed by atoms with Crippen LogP contribution in [0, 0.1) is 0 Å². The van der Waals surface area contributed by atoms with E-state index in [-0.39, 0.29) is 9.77 Å². The summed E-state index contributed by atoms with van der Waals surface area (Å²) in [5, 5.41) is 9.36. The van der Waals surface area contributed by atoms with Crippen LogP contribution in [0.15, 0.2) is 59.6 Å². The van der Waals surface area contributed by atoms with E-state index in [0.717, 1.165) is 28.0 Å². The second-order valence-corrected chi connectivity index (χ2v) is 10.4. The number of benzene rings is 2. The molecule has 0 unspecified atom stereocenters. The Morgan fingerprint density at radius 2 is 1.85 bits per heavy atom. The molecule has 1 saturated heterocycles. The molecule has 4 rings (SSSR count). The first-order valence-corrected chi connectivity index (χ1v) is 12.5. The van der Waals surface area contributed by atoms with E-state index >= 15 is 0 Å². The van der Waals surface area contributed by atoms with E-state index in [1.54, 1.807) is 24.7 Å². The van der Waals surface area contributed by atoms with Crippen LogP contribution in [0.3, 0.4) is 0 Å². The Balaban J connectivity index is 1.43. The maximum atomic E-state index is 13.1. The van der Waals surface area contributed by atoms with Crippen LogP contribution in [-0.4, -0.2) is 62.1 Å². The topological polar surface area (TPSA) is 112 Å². The van der Waals surface area contributed by atoms with Crippen LogP contribution in [0.1, 0.15) is 15.2 Å². The number of hydroxylamine groups is 1. The number of hydrogen-bond acceptors (Lipinski definition) is 8. The number of nitrogens with one attached hydrogen (secondary N) is 1. The average molecular weight is 489 g/mol. The van der Waals surface area contributed by atoms with E-state index in [0.29, 0.717) is 37.9 Å². The quantitative estimate of drug-likeness (QED) is 0.388. The van der Waals surface area contributed by atoms with Gasteiger partial charge in [0.1, 0.15) is 4.88 Å². The molecule has 2 aromatic carbocycles. The van der Waals surface area contributed by atoms with E-state index in [4.69, 9.17) is 9.94 Å². The van der Waals surface area contributed by atoms with Gasteiger partial charge in [-0.05, 0) is 34.9 Å². The van der Waals surface area contributed by atoms with Crippen molar-refractivity contribution in [2.24, 2.45) is 0 Å². The van der Waals surface area contributed by atoms with Crippen LogP contribution in [0.5, 0.6) is 0 Å². The number of rotatable bonds is 7. The highest BCUT2D eigenvalue weighted by molar-refractivity contribution is 7.89. The van der Waals surface area contributed by atoms with E-state index < -0.39 is 15.9 Å². The fourth-order valence-corrected chi connectivity index (χ4v) is 5.95. The fraction of sp³-hybridized carbons (Fsp3) is 0.273. The molecule has 1 fully saturated rings. The molecule has 1 aliphatic heterocycles. The molecule has 9 nitrogen and oxygen atoms in total. The fourth-order valence-electron chi connectivity index (χ4n) is 3.67.